The minimum Gasteiger partial charge on any atom is -0.506 e. The first kappa shape index (κ1) is 21.2. The van der Waals surface area contributed by atoms with Gasteiger partial charge in [-0.1, -0.05) is 11.6 Å². The van der Waals surface area contributed by atoms with Crippen LogP contribution in [-0.4, -0.2) is 49.5 Å². The van der Waals surface area contributed by atoms with Gasteiger partial charge in [0.25, 0.3) is 5.91 Å². The minimum atomic E-state index is -0.474. The SMILES string of the molecule is CNC(=O)C(C(=N)C1CC1)=C(O)c1ccc(SC)c(SCCOC)c1Cl. The van der Waals surface area contributed by atoms with E-state index in [1.807, 2.05) is 12.3 Å². The second-order valence-electron chi connectivity index (χ2n) is 5.79. The summed E-state index contributed by atoms with van der Waals surface area (Å²) in [6, 6.07) is 3.58. The van der Waals surface area contributed by atoms with E-state index in [9.17, 15) is 9.90 Å². The third-order valence-electron chi connectivity index (χ3n) is 4.02. The zero-order chi connectivity index (χ0) is 19.3. The Morgan fingerprint density at radius 3 is 2.69 bits per heavy atom. The number of ether oxygens (including phenoxy) is 1. The molecule has 0 atom stereocenters. The van der Waals surface area contributed by atoms with Crippen LogP contribution < -0.4 is 5.32 Å². The Balaban J connectivity index is 2.51. The second-order valence-corrected chi connectivity index (χ2v) is 8.12. The molecule has 0 saturated heterocycles. The normalized spacial score (nSPS) is 14.8. The number of aliphatic hydroxyl groups excluding tert-OH is 1. The molecule has 3 N–H and O–H groups in total. The first-order valence-electron chi connectivity index (χ1n) is 8.18. The van der Waals surface area contributed by atoms with Gasteiger partial charge in [-0.2, -0.15) is 0 Å². The largest absolute Gasteiger partial charge is 0.506 e. The molecule has 1 saturated carbocycles. The van der Waals surface area contributed by atoms with E-state index in [1.54, 1.807) is 36.7 Å². The van der Waals surface area contributed by atoms with Crippen molar-refractivity contribution in [3.05, 3.63) is 28.3 Å². The van der Waals surface area contributed by atoms with Crippen LogP contribution in [0.15, 0.2) is 27.5 Å². The molecule has 142 valence electrons. The molecule has 2 rings (SSSR count). The molecule has 5 nitrogen and oxygen atoms in total. The van der Waals surface area contributed by atoms with E-state index >= 15 is 0 Å². The standard InChI is InChI=1S/C18H23ClN2O3S2/c1-21-18(23)13(15(20)10-4-5-10)16(22)11-6-7-12(25-3)17(14(11)19)26-9-8-24-2/h6-7,10,20,22H,4-5,8-9H2,1-3H3,(H,21,23). The minimum absolute atomic E-state index is 0.00152. The van der Waals surface area contributed by atoms with Crippen LogP contribution in [0.2, 0.25) is 5.02 Å². The highest BCUT2D eigenvalue weighted by Crippen LogP contribution is 2.41. The number of hydrogen-bond donors (Lipinski definition) is 3. The van der Waals surface area contributed by atoms with Crippen molar-refractivity contribution in [2.24, 2.45) is 5.92 Å². The number of likely N-dealkylation sites (N-methyl/N-ethyl adjacent to an activating group) is 1. The summed E-state index contributed by atoms with van der Waals surface area (Å²) in [5.74, 6) is 0.0347. The molecule has 0 radical (unpaired) electrons. The van der Waals surface area contributed by atoms with Gasteiger partial charge in [-0.15, -0.1) is 23.5 Å². The molecule has 0 heterocycles. The van der Waals surface area contributed by atoms with E-state index < -0.39 is 5.91 Å². The van der Waals surface area contributed by atoms with Gasteiger partial charge in [-0.25, -0.2) is 0 Å². The van der Waals surface area contributed by atoms with Gasteiger partial charge in [0.15, 0.2) is 0 Å². The van der Waals surface area contributed by atoms with Crippen molar-refractivity contribution in [3.8, 4) is 0 Å². The molecular formula is C18H23ClN2O3S2. The Morgan fingerprint density at radius 1 is 1.46 bits per heavy atom. The van der Waals surface area contributed by atoms with Crippen LogP contribution in [0.4, 0.5) is 0 Å². The quantitative estimate of drug-likeness (QED) is 0.185. The summed E-state index contributed by atoms with van der Waals surface area (Å²) in [4.78, 5) is 14.1. The lowest BCUT2D eigenvalue weighted by molar-refractivity contribution is -0.116. The van der Waals surface area contributed by atoms with Crippen LogP contribution >= 0.6 is 35.1 Å². The molecular weight excluding hydrogens is 392 g/mol. The molecule has 0 spiro atoms. The van der Waals surface area contributed by atoms with Gasteiger partial charge < -0.3 is 20.6 Å². The van der Waals surface area contributed by atoms with Crippen molar-refractivity contribution in [2.45, 2.75) is 22.6 Å². The van der Waals surface area contributed by atoms with Crippen molar-refractivity contribution < 1.29 is 14.6 Å². The maximum Gasteiger partial charge on any atom is 0.256 e. The number of halogens is 1. The van der Waals surface area contributed by atoms with Crippen molar-refractivity contribution in [3.63, 3.8) is 0 Å². The van der Waals surface area contributed by atoms with Crippen LogP contribution in [0, 0.1) is 11.3 Å². The number of thioether (sulfide) groups is 2. The zero-order valence-corrected chi connectivity index (χ0v) is 17.4. The zero-order valence-electron chi connectivity index (χ0n) is 15.0. The third kappa shape index (κ3) is 4.76. The molecule has 1 amide bonds. The topological polar surface area (TPSA) is 82.4 Å². The number of carbonyl (C=O) groups excluding carboxylic acids is 1. The molecule has 1 aromatic carbocycles. The fourth-order valence-corrected chi connectivity index (χ4v) is 4.73. The Kier molecular flexibility index (Phi) is 7.88. The highest BCUT2D eigenvalue weighted by molar-refractivity contribution is 8.02. The fraction of sp³-hybridized carbons (Fsp3) is 0.444. The number of aliphatic hydroxyl groups is 1. The Hall–Kier alpha value is -1.15. The lowest BCUT2D eigenvalue weighted by Gasteiger charge is -2.16. The molecule has 0 unspecified atom stereocenters. The Bertz CT molecular complexity index is 733. The molecule has 1 aliphatic rings. The molecule has 0 bridgehead atoms. The highest BCUT2D eigenvalue weighted by atomic mass is 35.5. The maximum absolute atomic E-state index is 12.3. The number of nitrogens with one attached hydrogen (secondary N) is 2. The number of methoxy groups -OCH3 is 1. The van der Waals surface area contributed by atoms with Crippen LogP contribution in [0.1, 0.15) is 18.4 Å². The lowest BCUT2D eigenvalue weighted by Crippen LogP contribution is -2.26. The molecule has 26 heavy (non-hydrogen) atoms. The molecule has 1 fully saturated rings. The van der Waals surface area contributed by atoms with Crippen LogP contribution in [0.5, 0.6) is 0 Å². The van der Waals surface area contributed by atoms with Gasteiger partial charge in [0.05, 0.1) is 17.3 Å². The summed E-state index contributed by atoms with van der Waals surface area (Å²) in [6.45, 7) is 0.580. The van der Waals surface area contributed by atoms with Gasteiger partial charge >= 0.3 is 0 Å². The monoisotopic (exact) mass is 414 g/mol. The smallest absolute Gasteiger partial charge is 0.256 e. The van der Waals surface area contributed by atoms with Crippen LogP contribution in [0.3, 0.4) is 0 Å². The van der Waals surface area contributed by atoms with E-state index in [-0.39, 0.29) is 23.0 Å². The van der Waals surface area contributed by atoms with Crippen molar-refractivity contribution in [1.82, 2.24) is 5.32 Å². The van der Waals surface area contributed by atoms with Gasteiger partial charge in [0, 0.05) is 41.2 Å². The number of carbonyl (C=O) groups is 1. The number of benzene rings is 1. The van der Waals surface area contributed by atoms with E-state index in [4.69, 9.17) is 21.7 Å². The maximum atomic E-state index is 12.3. The van der Waals surface area contributed by atoms with Crippen LogP contribution in [-0.2, 0) is 9.53 Å². The van der Waals surface area contributed by atoms with Gasteiger partial charge in [-0.3, -0.25) is 4.79 Å². The van der Waals surface area contributed by atoms with Crippen LogP contribution in [0.25, 0.3) is 5.76 Å². The van der Waals surface area contributed by atoms with Crippen molar-refractivity contribution >= 4 is 52.5 Å². The lowest BCUT2D eigenvalue weighted by atomic mass is 10.0. The summed E-state index contributed by atoms with van der Waals surface area (Å²) >= 11 is 9.69. The Labute approximate surface area is 167 Å². The summed E-state index contributed by atoms with van der Waals surface area (Å²) in [7, 11) is 3.13. The molecule has 1 aromatic rings. The number of rotatable bonds is 9. The second kappa shape index (κ2) is 9.69. The van der Waals surface area contributed by atoms with Gasteiger partial charge in [-0.05, 0) is 31.2 Å². The first-order valence-corrected chi connectivity index (χ1v) is 10.8. The summed E-state index contributed by atoms with van der Waals surface area (Å²) < 4.78 is 5.09. The third-order valence-corrected chi connectivity index (χ3v) is 6.51. The van der Waals surface area contributed by atoms with Gasteiger partial charge in [0.2, 0.25) is 0 Å². The van der Waals surface area contributed by atoms with Crippen molar-refractivity contribution in [2.75, 3.05) is 32.8 Å². The van der Waals surface area contributed by atoms with Gasteiger partial charge in [0.1, 0.15) is 11.3 Å². The highest BCUT2D eigenvalue weighted by Gasteiger charge is 2.34. The predicted molar refractivity (Wildman–Crippen MR) is 110 cm³/mol. The van der Waals surface area contributed by atoms with E-state index in [0.717, 1.165) is 28.4 Å². The van der Waals surface area contributed by atoms with Crippen molar-refractivity contribution in [1.29, 1.82) is 5.41 Å². The molecule has 0 aliphatic heterocycles. The molecule has 0 aromatic heterocycles. The van der Waals surface area contributed by atoms with E-state index in [0.29, 0.717) is 17.2 Å². The number of hydrogen-bond acceptors (Lipinski definition) is 6. The average Bonchev–Trinajstić information content (AvgIpc) is 3.47. The predicted octanol–water partition coefficient (Wildman–Crippen LogP) is 4.25. The number of amides is 1. The Morgan fingerprint density at radius 2 is 2.15 bits per heavy atom. The van der Waals surface area contributed by atoms with E-state index in [2.05, 4.69) is 5.32 Å². The first-order chi connectivity index (χ1) is 12.5. The average molecular weight is 415 g/mol. The van der Waals surface area contributed by atoms with E-state index in [1.165, 1.54) is 7.05 Å². The summed E-state index contributed by atoms with van der Waals surface area (Å²) in [5, 5.41) is 22.0. The molecule has 8 heteroatoms. The molecule has 1 aliphatic carbocycles. The summed E-state index contributed by atoms with van der Waals surface area (Å²) in [5.41, 5.74) is 0.537. The fourth-order valence-electron chi connectivity index (χ4n) is 2.44. The summed E-state index contributed by atoms with van der Waals surface area (Å²) in [6.07, 6.45) is 3.69.